The van der Waals surface area contributed by atoms with Gasteiger partial charge >= 0.3 is 12.3 Å². The maximum atomic E-state index is 12.2. The molecule has 104 valence electrons. The van der Waals surface area contributed by atoms with Gasteiger partial charge in [0.25, 0.3) is 0 Å². The molecule has 1 aliphatic carbocycles. The Bertz CT molecular complexity index is 457. The Labute approximate surface area is 106 Å². The lowest BCUT2D eigenvalue weighted by Crippen LogP contribution is -2.42. The smallest absolute Gasteiger partial charge is 0.434 e. The largest absolute Gasteiger partial charge is 0.446 e. The van der Waals surface area contributed by atoms with E-state index in [9.17, 15) is 18.0 Å². The molecule has 0 spiro atoms. The molecule has 3 N–H and O–H groups in total. The zero-order chi connectivity index (χ0) is 14.0. The molecule has 0 aromatic carbocycles. The number of halogens is 3. The fourth-order valence-electron chi connectivity index (χ4n) is 1.70. The van der Waals surface area contributed by atoms with Gasteiger partial charge < -0.3 is 15.8 Å². The zero-order valence-electron chi connectivity index (χ0n) is 9.65. The van der Waals surface area contributed by atoms with Crippen molar-refractivity contribution in [3.63, 3.8) is 0 Å². The molecule has 0 atom stereocenters. The van der Waals surface area contributed by atoms with Gasteiger partial charge in [-0.15, -0.1) is 0 Å². The second-order valence-corrected chi connectivity index (χ2v) is 4.16. The summed E-state index contributed by atoms with van der Waals surface area (Å²) in [5.74, 6) is 0.246. The van der Waals surface area contributed by atoms with Crippen molar-refractivity contribution in [2.45, 2.75) is 31.2 Å². The van der Waals surface area contributed by atoms with Crippen molar-refractivity contribution in [1.29, 1.82) is 0 Å². The molecule has 1 fully saturated rings. The van der Waals surface area contributed by atoms with Crippen LogP contribution in [0.15, 0.2) is 12.4 Å². The molecular formula is C10H11F3N4O2. The Kier molecular flexibility index (Phi) is 3.45. The predicted molar refractivity (Wildman–Crippen MR) is 58.1 cm³/mol. The van der Waals surface area contributed by atoms with Crippen molar-refractivity contribution in [3.05, 3.63) is 18.1 Å². The highest BCUT2D eigenvalue weighted by atomic mass is 19.4. The number of nitrogens with two attached hydrogens (primary N) is 1. The van der Waals surface area contributed by atoms with E-state index in [0.717, 1.165) is 6.20 Å². The molecule has 0 saturated heterocycles. The van der Waals surface area contributed by atoms with Gasteiger partial charge in [0.05, 0.1) is 12.4 Å². The van der Waals surface area contributed by atoms with Gasteiger partial charge in [-0.3, -0.25) is 0 Å². The minimum Gasteiger partial charge on any atom is -0.446 e. The van der Waals surface area contributed by atoms with E-state index in [2.05, 4.69) is 15.3 Å². The van der Waals surface area contributed by atoms with Gasteiger partial charge in [-0.2, -0.15) is 13.2 Å². The van der Waals surface area contributed by atoms with E-state index in [-0.39, 0.29) is 18.0 Å². The summed E-state index contributed by atoms with van der Waals surface area (Å²) in [6, 6.07) is -0.0182. The second-order valence-electron chi connectivity index (χ2n) is 4.16. The van der Waals surface area contributed by atoms with Crippen LogP contribution in [0, 0.1) is 0 Å². The fourth-order valence-corrected chi connectivity index (χ4v) is 1.70. The number of amides is 1. The Balaban J connectivity index is 1.84. The molecule has 19 heavy (non-hydrogen) atoms. The number of nitrogens with one attached hydrogen (secondary N) is 1. The number of carbonyl (C=O) groups is 1. The number of anilines is 1. The van der Waals surface area contributed by atoms with Crippen molar-refractivity contribution >= 4 is 11.9 Å². The van der Waals surface area contributed by atoms with Crippen LogP contribution < -0.4 is 11.1 Å². The Morgan fingerprint density at radius 2 is 2.05 bits per heavy atom. The first-order valence-corrected chi connectivity index (χ1v) is 5.46. The van der Waals surface area contributed by atoms with E-state index in [1.165, 1.54) is 0 Å². The van der Waals surface area contributed by atoms with Gasteiger partial charge in [0.1, 0.15) is 11.9 Å². The summed E-state index contributed by atoms with van der Waals surface area (Å²) in [5.41, 5.74) is 3.81. The summed E-state index contributed by atoms with van der Waals surface area (Å²) in [6.07, 6.45) is -2.83. The molecule has 2 rings (SSSR count). The highest BCUT2D eigenvalue weighted by molar-refractivity contribution is 5.65. The molecule has 1 aliphatic rings. The molecule has 1 amide bonds. The van der Waals surface area contributed by atoms with Crippen LogP contribution in [0.4, 0.5) is 23.8 Å². The molecule has 0 aliphatic heterocycles. The van der Waals surface area contributed by atoms with Crippen molar-refractivity contribution in [1.82, 2.24) is 9.97 Å². The lowest BCUT2D eigenvalue weighted by atomic mass is 9.89. The topological polar surface area (TPSA) is 90.1 Å². The van der Waals surface area contributed by atoms with E-state index >= 15 is 0 Å². The van der Waals surface area contributed by atoms with Crippen molar-refractivity contribution in [2.24, 2.45) is 5.73 Å². The van der Waals surface area contributed by atoms with E-state index < -0.39 is 18.0 Å². The second kappa shape index (κ2) is 4.90. The van der Waals surface area contributed by atoms with Crippen LogP contribution in [0.2, 0.25) is 0 Å². The molecule has 0 radical (unpaired) electrons. The van der Waals surface area contributed by atoms with Gasteiger partial charge in [-0.1, -0.05) is 0 Å². The third-order valence-corrected chi connectivity index (χ3v) is 2.67. The first-order valence-electron chi connectivity index (χ1n) is 5.46. The molecule has 1 aromatic heterocycles. The molecule has 1 saturated carbocycles. The SMILES string of the molecule is NC(=O)OC1CC(Nc2cnc(C(F)(F)F)cn2)C1. The van der Waals surface area contributed by atoms with Gasteiger partial charge in [-0.25, -0.2) is 14.8 Å². The zero-order valence-corrected chi connectivity index (χ0v) is 9.65. The average molecular weight is 276 g/mol. The number of hydrogen-bond acceptors (Lipinski definition) is 5. The molecule has 1 heterocycles. The number of primary amides is 1. The van der Waals surface area contributed by atoms with Crippen LogP contribution in [0.3, 0.4) is 0 Å². The van der Waals surface area contributed by atoms with Gasteiger partial charge in [0, 0.05) is 18.9 Å². The summed E-state index contributed by atoms with van der Waals surface area (Å²) < 4.78 is 41.5. The summed E-state index contributed by atoms with van der Waals surface area (Å²) >= 11 is 0. The quantitative estimate of drug-likeness (QED) is 0.873. The molecular weight excluding hydrogens is 265 g/mol. The van der Waals surface area contributed by atoms with Crippen LogP contribution in [-0.4, -0.2) is 28.2 Å². The normalized spacial score (nSPS) is 22.5. The van der Waals surface area contributed by atoms with Crippen LogP contribution in [0.1, 0.15) is 18.5 Å². The molecule has 9 heteroatoms. The Morgan fingerprint density at radius 3 is 2.53 bits per heavy atom. The number of nitrogens with zero attached hydrogens (tertiary/aromatic N) is 2. The first kappa shape index (κ1) is 13.4. The summed E-state index contributed by atoms with van der Waals surface area (Å²) in [6.45, 7) is 0. The Morgan fingerprint density at radius 1 is 1.37 bits per heavy atom. The predicted octanol–water partition coefficient (Wildman–Crippen LogP) is 1.53. The summed E-state index contributed by atoms with van der Waals surface area (Å²) in [4.78, 5) is 17.4. The number of alkyl halides is 3. The maximum absolute atomic E-state index is 12.2. The van der Waals surface area contributed by atoms with E-state index in [1.54, 1.807) is 0 Å². The van der Waals surface area contributed by atoms with Crippen LogP contribution >= 0.6 is 0 Å². The number of ether oxygens (including phenoxy) is 1. The number of rotatable bonds is 3. The average Bonchev–Trinajstić information content (AvgIpc) is 2.25. The third-order valence-electron chi connectivity index (χ3n) is 2.67. The summed E-state index contributed by atoms with van der Waals surface area (Å²) in [5, 5.41) is 2.89. The van der Waals surface area contributed by atoms with Gasteiger partial charge in [0.2, 0.25) is 0 Å². The van der Waals surface area contributed by atoms with Crippen molar-refractivity contribution < 1.29 is 22.7 Å². The number of aromatic nitrogens is 2. The highest BCUT2D eigenvalue weighted by Gasteiger charge is 2.34. The monoisotopic (exact) mass is 276 g/mol. The van der Waals surface area contributed by atoms with Crippen LogP contribution in [0.25, 0.3) is 0 Å². The van der Waals surface area contributed by atoms with Crippen LogP contribution in [-0.2, 0) is 10.9 Å². The molecule has 0 unspecified atom stereocenters. The molecule has 1 aromatic rings. The van der Waals surface area contributed by atoms with Gasteiger partial charge in [-0.05, 0) is 0 Å². The maximum Gasteiger partial charge on any atom is 0.434 e. The molecule has 6 nitrogen and oxygen atoms in total. The van der Waals surface area contributed by atoms with E-state index in [4.69, 9.17) is 10.5 Å². The van der Waals surface area contributed by atoms with Gasteiger partial charge in [0.15, 0.2) is 5.69 Å². The lowest BCUT2D eigenvalue weighted by Gasteiger charge is -2.34. The molecule has 0 bridgehead atoms. The lowest BCUT2D eigenvalue weighted by molar-refractivity contribution is -0.141. The fraction of sp³-hybridized carbons (Fsp3) is 0.500. The highest BCUT2D eigenvalue weighted by Crippen LogP contribution is 2.28. The minimum atomic E-state index is -4.50. The van der Waals surface area contributed by atoms with E-state index in [1.807, 2.05) is 0 Å². The number of carbonyl (C=O) groups excluding carboxylic acids is 1. The van der Waals surface area contributed by atoms with E-state index in [0.29, 0.717) is 19.0 Å². The first-order chi connectivity index (χ1) is 8.84. The number of hydrogen-bond donors (Lipinski definition) is 2. The van der Waals surface area contributed by atoms with Crippen molar-refractivity contribution in [2.75, 3.05) is 5.32 Å². The third kappa shape index (κ3) is 3.46. The van der Waals surface area contributed by atoms with Crippen LogP contribution in [0.5, 0.6) is 0 Å². The minimum absolute atomic E-state index is 0.0182. The Hall–Kier alpha value is -2.06. The van der Waals surface area contributed by atoms with Crippen molar-refractivity contribution in [3.8, 4) is 0 Å². The standard InChI is InChI=1S/C10H11F3N4O2/c11-10(12,13)7-3-16-8(4-15-7)17-5-1-6(2-5)19-9(14)18/h3-6H,1-2H2,(H2,14,18)(H,16,17). The summed E-state index contributed by atoms with van der Waals surface area (Å²) in [7, 11) is 0.